The number of methoxy groups -OCH3 is 1. The fraction of sp³-hybridized carbons (Fsp3) is 0.625. The fourth-order valence-electron chi connectivity index (χ4n) is 1.93. The van der Waals surface area contributed by atoms with Gasteiger partial charge in [0.2, 0.25) is 11.8 Å². The van der Waals surface area contributed by atoms with Gasteiger partial charge in [0.1, 0.15) is 6.61 Å². The standard InChI is InChI=1S/C16H24N2O5/c1-15(2)22-10-16(3,11-23-15)14(19)18-12-5-6-13(17-9-12)21-8-7-20-4/h5-6,9H,7-8,10-11H2,1-4H3,(H,18,19). The third-order valence-corrected chi connectivity index (χ3v) is 3.56. The zero-order valence-corrected chi connectivity index (χ0v) is 14.0. The largest absolute Gasteiger partial charge is 0.475 e. The van der Waals surface area contributed by atoms with Crippen LogP contribution in [0.25, 0.3) is 0 Å². The highest BCUT2D eigenvalue weighted by atomic mass is 16.7. The third-order valence-electron chi connectivity index (χ3n) is 3.56. The van der Waals surface area contributed by atoms with E-state index >= 15 is 0 Å². The Kier molecular flexibility index (Phi) is 5.56. The van der Waals surface area contributed by atoms with Gasteiger partial charge in [-0.05, 0) is 26.8 Å². The van der Waals surface area contributed by atoms with Gasteiger partial charge in [0.05, 0.1) is 37.1 Å². The van der Waals surface area contributed by atoms with E-state index in [1.807, 2.05) is 20.8 Å². The minimum Gasteiger partial charge on any atom is -0.475 e. The molecule has 7 nitrogen and oxygen atoms in total. The van der Waals surface area contributed by atoms with Crippen LogP contribution in [0.1, 0.15) is 20.8 Å². The van der Waals surface area contributed by atoms with Gasteiger partial charge >= 0.3 is 0 Å². The van der Waals surface area contributed by atoms with Crippen molar-refractivity contribution >= 4 is 11.6 Å². The average Bonchev–Trinajstić information content (AvgIpc) is 2.52. The van der Waals surface area contributed by atoms with Crippen molar-refractivity contribution in [3.63, 3.8) is 0 Å². The van der Waals surface area contributed by atoms with E-state index in [9.17, 15) is 4.79 Å². The lowest BCUT2D eigenvalue weighted by molar-refractivity contribution is -0.276. The average molecular weight is 324 g/mol. The molecule has 1 aliphatic heterocycles. The van der Waals surface area contributed by atoms with Crippen molar-refractivity contribution < 1.29 is 23.7 Å². The Balaban J connectivity index is 1.90. The first kappa shape index (κ1) is 17.7. The first-order chi connectivity index (χ1) is 10.8. The lowest BCUT2D eigenvalue weighted by Gasteiger charge is -2.40. The predicted octanol–water partition coefficient (Wildman–Crippen LogP) is 1.83. The van der Waals surface area contributed by atoms with E-state index in [0.717, 1.165) is 0 Å². The number of carbonyl (C=O) groups is 1. The van der Waals surface area contributed by atoms with Gasteiger partial charge in [-0.3, -0.25) is 4.79 Å². The normalized spacial score (nSPS) is 19.1. The molecular formula is C16H24N2O5. The maximum absolute atomic E-state index is 12.4. The number of ether oxygens (including phenoxy) is 4. The highest BCUT2D eigenvalue weighted by molar-refractivity contribution is 5.95. The molecule has 1 aromatic heterocycles. The number of rotatable bonds is 6. The lowest BCUT2D eigenvalue weighted by atomic mass is 9.90. The smallest absolute Gasteiger partial charge is 0.235 e. The van der Waals surface area contributed by atoms with Crippen molar-refractivity contribution in [3.8, 4) is 5.88 Å². The van der Waals surface area contributed by atoms with Crippen molar-refractivity contribution in [2.75, 3.05) is 38.9 Å². The SMILES string of the molecule is COCCOc1ccc(NC(=O)C2(C)COC(C)(C)OC2)cn1. The summed E-state index contributed by atoms with van der Waals surface area (Å²) in [7, 11) is 1.61. The topological polar surface area (TPSA) is 78.9 Å². The third kappa shape index (κ3) is 4.89. The van der Waals surface area contributed by atoms with E-state index in [2.05, 4.69) is 10.3 Å². The molecular weight excluding hydrogens is 300 g/mol. The second-order valence-electron chi connectivity index (χ2n) is 6.22. The first-order valence-corrected chi connectivity index (χ1v) is 7.52. The molecule has 1 saturated heterocycles. The van der Waals surface area contributed by atoms with Crippen LogP contribution in [-0.4, -0.2) is 50.2 Å². The molecule has 1 aromatic rings. The van der Waals surface area contributed by atoms with Gasteiger partial charge in [-0.2, -0.15) is 0 Å². The number of aromatic nitrogens is 1. The monoisotopic (exact) mass is 324 g/mol. The van der Waals surface area contributed by atoms with Crippen LogP contribution in [0, 0.1) is 5.41 Å². The van der Waals surface area contributed by atoms with Gasteiger partial charge in [0.15, 0.2) is 5.79 Å². The molecule has 1 N–H and O–H groups in total. The number of carbonyl (C=O) groups excluding carboxylic acids is 1. The van der Waals surface area contributed by atoms with Crippen molar-refractivity contribution in [3.05, 3.63) is 18.3 Å². The van der Waals surface area contributed by atoms with E-state index in [-0.39, 0.29) is 5.91 Å². The quantitative estimate of drug-likeness (QED) is 0.804. The van der Waals surface area contributed by atoms with E-state index in [1.54, 1.807) is 25.4 Å². The summed E-state index contributed by atoms with van der Waals surface area (Å²) in [4.78, 5) is 16.6. The lowest BCUT2D eigenvalue weighted by Crippen LogP contribution is -2.50. The molecule has 0 aromatic carbocycles. The summed E-state index contributed by atoms with van der Waals surface area (Å²) >= 11 is 0. The number of nitrogens with one attached hydrogen (secondary N) is 1. The Hall–Kier alpha value is -1.70. The predicted molar refractivity (Wildman–Crippen MR) is 84.3 cm³/mol. The molecule has 0 saturated carbocycles. The molecule has 2 heterocycles. The molecule has 23 heavy (non-hydrogen) atoms. The molecule has 0 spiro atoms. The molecule has 1 amide bonds. The molecule has 0 atom stereocenters. The maximum Gasteiger partial charge on any atom is 0.235 e. The Morgan fingerprint density at radius 2 is 1.96 bits per heavy atom. The van der Waals surface area contributed by atoms with Gasteiger partial charge in [0.25, 0.3) is 0 Å². The summed E-state index contributed by atoms with van der Waals surface area (Å²) in [5.74, 6) is -0.331. The summed E-state index contributed by atoms with van der Waals surface area (Å²) in [6.07, 6.45) is 1.55. The number of amides is 1. The number of anilines is 1. The van der Waals surface area contributed by atoms with Crippen molar-refractivity contribution in [2.45, 2.75) is 26.6 Å². The number of hydrogen-bond donors (Lipinski definition) is 1. The molecule has 1 aliphatic rings. The first-order valence-electron chi connectivity index (χ1n) is 7.52. The second kappa shape index (κ2) is 7.25. The zero-order valence-electron chi connectivity index (χ0n) is 14.0. The number of hydrogen-bond acceptors (Lipinski definition) is 6. The molecule has 2 rings (SSSR count). The molecule has 128 valence electrons. The van der Waals surface area contributed by atoms with Gasteiger partial charge < -0.3 is 24.3 Å². The van der Waals surface area contributed by atoms with Crippen LogP contribution < -0.4 is 10.1 Å². The zero-order chi connectivity index (χ0) is 16.9. The number of nitrogens with zero attached hydrogens (tertiary/aromatic N) is 1. The summed E-state index contributed by atoms with van der Waals surface area (Å²) in [5.41, 5.74) is -0.136. The highest BCUT2D eigenvalue weighted by Crippen LogP contribution is 2.30. The van der Waals surface area contributed by atoms with E-state index in [4.69, 9.17) is 18.9 Å². The Labute approximate surface area is 136 Å². The van der Waals surface area contributed by atoms with Crippen LogP contribution in [0.2, 0.25) is 0 Å². The minimum absolute atomic E-state index is 0.164. The van der Waals surface area contributed by atoms with Crippen molar-refractivity contribution in [2.24, 2.45) is 5.41 Å². The van der Waals surface area contributed by atoms with Gasteiger partial charge in [-0.15, -0.1) is 0 Å². The second-order valence-corrected chi connectivity index (χ2v) is 6.22. The Morgan fingerprint density at radius 1 is 1.26 bits per heavy atom. The molecule has 7 heteroatoms. The van der Waals surface area contributed by atoms with Crippen LogP contribution in [0.3, 0.4) is 0 Å². The summed E-state index contributed by atoms with van der Waals surface area (Å²) in [6, 6.07) is 3.44. The molecule has 0 unspecified atom stereocenters. The summed E-state index contributed by atoms with van der Waals surface area (Å²) < 4.78 is 21.4. The van der Waals surface area contributed by atoms with Crippen LogP contribution in [0.15, 0.2) is 18.3 Å². The van der Waals surface area contributed by atoms with Crippen LogP contribution in [0.5, 0.6) is 5.88 Å². The van der Waals surface area contributed by atoms with Gasteiger partial charge in [-0.1, -0.05) is 0 Å². The molecule has 0 radical (unpaired) electrons. The van der Waals surface area contributed by atoms with Gasteiger partial charge in [0, 0.05) is 13.2 Å². The number of pyridine rings is 1. The van der Waals surface area contributed by atoms with E-state index < -0.39 is 11.2 Å². The van der Waals surface area contributed by atoms with E-state index in [0.29, 0.717) is 38.0 Å². The molecule has 1 fully saturated rings. The summed E-state index contributed by atoms with van der Waals surface area (Å²) in [5, 5.41) is 2.83. The Morgan fingerprint density at radius 3 is 2.52 bits per heavy atom. The van der Waals surface area contributed by atoms with E-state index in [1.165, 1.54) is 0 Å². The van der Waals surface area contributed by atoms with Gasteiger partial charge in [-0.25, -0.2) is 4.98 Å². The van der Waals surface area contributed by atoms with Crippen molar-refractivity contribution in [1.29, 1.82) is 0 Å². The molecule has 0 aliphatic carbocycles. The highest BCUT2D eigenvalue weighted by Gasteiger charge is 2.42. The molecule has 0 bridgehead atoms. The fourth-order valence-corrected chi connectivity index (χ4v) is 1.93. The van der Waals surface area contributed by atoms with Crippen LogP contribution in [-0.2, 0) is 19.0 Å². The maximum atomic E-state index is 12.4. The Bertz CT molecular complexity index is 520. The van der Waals surface area contributed by atoms with Crippen LogP contribution in [0.4, 0.5) is 5.69 Å². The van der Waals surface area contributed by atoms with Crippen LogP contribution >= 0.6 is 0 Å². The minimum atomic E-state index is -0.733. The summed E-state index contributed by atoms with van der Waals surface area (Å²) in [6.45, 7) is 7.00. The van der Waals surface area contributed by atoms with Crippen molar-refractivity contribution in [1.82, 2.24) is 4.98 Å².